The van der Waals surface area contributed by atoms with Crippen molar-refractivity contribution in [3.8, 4) is 0 Å². The molecule has 0 aliphatic heterocycles. The Kier molecular flexibility index (Phi) is 5.42. The SMILES string of the molecule is C=C(C)Cn1cc(CCCCNCC)c2ccccc21. The predicted octanol–water partition coefficient (Wildman–Crippen LogP) is 4.15. The molecule has 1 aromatic heterocycles. The number of hydrogen-bond donors (Lipinski definition) is 1. The van der Waals surface area contributed by atoms with E-state index in [1.165, 1.54) is 34.9 Å². The Balaban J connectivity index is 2.10. The van der Waals surface area contributed by atoms with Crippen molar-refractivity contribution in [3.63, 3.8) is 0 Å². The quantitative estimate of drug-likeness (QED) is 0.563. The Morgan fingerprint density at radius 1 is 1.25 bits per heavy atom. The Bertz CT molecular complexity index is 566. The molecule has 0 aliphatic carbocycles. The minimum atomic E-state index is 0.915. The fraction of sp³-hybridized carbons (Fsp3) is 0.444. The van der Waals surface area contributed by atoms with Crippen LogP contribution >= 0.6 is 0 Å². The molecule has 2 heteroatoms. The van der Waals surface area contributed by atoms with E-state index in [-0.39, 0.29) is 0 Å². The summed E-state index contributed by atoms with van der Waals surface area (Å²) in [5.41, 5.74) is 4.00. The summed E-state index contributed by atoms with van der Waals surface area (Å²) < 4.78 is 2.33. The van der Waals surface area contributed by atoms with Gasteiger partial charge in [0, 0.05) is 23.6 Å². The average molecular weight is 270 g/mol. The first kappa shape index (κ1) is 14.9. The van der Waals surface area contributed by atoms with Crippen LogP contribution in [0.15, 0.2) is 42.6 Å². The summed E-state index contributed by atoms with van der Waals surface area (Å²) in [4.78, 5) is 0. The molecule has 0 saturated carbocycles. The van der Waals surface area contributed by atoms with E-state index in [4.69, 9.17) is 0 Å². The molecule has 108 valence electrons. The summed E-state index contributed by atoms with van der Waals surface area (Å²) in [6, 6.07) is 8.70. The monoisotopic (exact) mass is 270 g/mol. The molecule has 0 atom stereocenters. The van der Waals surface area contributed by atoms with Gasteiger partial charge in [-0.25, -0.2) is 0 Å². The second-order valence-electron chi connectivity index (χ2n) is 5.57. The van der Waals surface area contributed by atoms with Crippen molar-refractivity contribution in [3.05, 3.63) is 48.2 Å². The Morgan fingerprint density at radius 2 is 2.05 bits per heavy atom. The molecule has 0 saturated heterocycles. The summed E-state index contributed by atoms with van der Waals surface area (Å²) in [5.74, 6) is 0. The van der Waals surface area contributed by atoms with E-state index < -0.39 is 0 Å². The normalized spacial score (nSPS) is 11.1. The lowest BCUT2D eigenvalue weighted by Crippen LogP contribution is -2.13. The minimum absolute atomic E-state index is 0.915. The molecule has 2 aromatic rings. The van der Waals surface area contributed by atoms with Crippen LogP contribution in [0.5, 0.6) is 0 Å². The Hall–Kier alpha value is -1.54. The number of nitrogens with zero attached hydrogens (tertiary/aromatic N) is 1. The molecule has 20 heavy (non-hydrogen) atoms. The van der Waals surface area contributed by atoms with Crippen molar-refractivity contribution in [1.29, 1.82) is 0 Å². The van der Waals surface area contributed by atoms with Crippen LogP contribution < -0.4 is 5.32 Å². The van der Waals surface area contributed by atoms with Gasteiger partial charge in [-0.15, -0.1) is 0 Å². The Morgan fingerprint density at radius 3 is 2.80 bits per heavy atom. The highest BCUT2D eigenvalue weighted by Crippen LogP contribution is 2.23. The molecule has 2 nitrogen and oxygen atoms in total. The van der Waals surface area contributed by atoms with E-state index in [0.717, 1.165) is 26.1 Å². The molecule has 1 aromatic carbocycles. The number of aryl methyl sites for hydroxylation is 1. The number of allylic oxidation sites excluding steroid dienone is 1. The van der Waals surface area contributed by atoms with Crippen LogP contribution in [-0.4, -0.2) is 17.7 Å². The molecule has 1 heterocycles. The molecular weight excluding hydrogens is 244 g/mol. The predicted molar refractivity (Wildman–Crippen MR) is 88.2 cm³/mol. The molecule has 0 unspecified atom stereocenters. The number of para-hydroxylation sites is 1. The van der Waals surface area contributed by atoms with Crippen molar-refractivity contribution in [1.82, 2.24) is 9.88 Å². The molecule has 0 amide bonds. The molecule has 0 spiro atoms. The second-order valence-corrected chi connectivity index (χ2v) is 5.57. The fourth-order valence-corrected chi connectivity index (χ4v) is 2.69. The van der Waals surface area contributed by atoms with Gasteiger partial charge in [0.15, 0.2) is 0 Å². The third-order valence-electron chi connectivity index (χ3n) is 3.61. The number of unbranched alkanes of at least 4 members (excludes halogenated alkanes) is 1. The molecule has 1 N–H and O–H groups in total. The number of hydrogen-bond acceptors (Lipinski definition) is 1. The molecule has 2 rings (SSSR count). The van der Waals surface area contributed by atoms with Gasteiger partial charge < -0.3 is 9.88 Å². The summed E-state index contributed by atoms with van der Waals surface area (Å²) in [6.07, 6.45) is 5.96. The van der Waals surface area contributed by atoms with Crippen molar-refractivity contribution >= 4 is 10.9 Å². The lowest BCUT2D eigenvalue weighted by atomic mass is 10.1. The summed E-state index contributed by atoms with van der Waals surface area (Å²) in [7, 11) is 0. The molecule has 0 radical (unpaired) electrons. The number of rotatable bonds is 8. The third-order valence-corrected chi connectivity index (χ3v) is 3.61. The maximum atomic E-state index is 4.03. The van der Waals surface area contributed by atoms with Gasteiger partial charge in [0.2, 0.25) is 0 Å². The van der Waals surface area contributed by atoms with Crippen LogP contribution in [0.1, 0.15) is 32.3 Å². The first-order valence-corrected chi connectivity index (χ1v) is 7.64. The van der Waals surface area contributed by atoms with Gasteiger partial charge in [-0.1, -0.05) is 37.3 Å². The highest BCUT2D eigenvalue weighted by atomic mass is 15.0. The van der Waals surface area contributed by atoms with Gasteiger partial charge in [-0.3, -0.25) is 0 Å². The number of nitrogens with one attached hydrogen (secondary N) is 1. The minimum Gasteiger partial charge on any atom is -0.343 e. The van der Waals surface area contributed by atoms with Crippen LogP contribution in [0.3, 0.4) is 0 Å². The van der Waals surface area contributed by atoms with Crippen molar-refractivity contribution in [2.24, 2.45) is 0 Å². The van der Waals surface area contributed by atoms with Crippen LogP contribution in [-0.2, 0) is 13.0 Å². The van der Waals surface area contributed by atoms with Crippen LogP contribution in [0, 0.1) is 0 Å². The van der Waals surface area contributed by atoms with Gasteiger partial charge >= 0.3 is 0 Å². The maximum Gasteiger partial charge on any atom is 0.0486 e. The van der Waals surface area contributed by atoms with Crippen LogP contribution in [0.2, 0.25) is 0 Å². The number of benzene rings is 1. The molecule has 0 fully saturated rings. The van der Waals surface area contributed by atoms with Crippen LogP contribution in [0.25, 0.3) is 10.9 Å². The van der Waals surface area contributed by atoms with Crippen molar-refractivity contribution < 1.29 is 0 Å². The smallest absolute Gasteiger partial charge is 0.0486 e. The van der Waals surface area contributed by atoms with Gasteiger partial charge in [0.1, 0.15) is 0 Å². The van der Waals surface area contributed by atoms with Gasteiger partial charge in [-0.2, -0.15) is 0 Å². The lowest BCUT2D eigenvalue weighted by Gasteiger charge is -2.03. The Labute approximate surface area is 122 Å². The zero-order valence-electron chi connectivity index (χ0n) is 12.8. The molecule has 0 bridgehead atoms. The van der Waals surface area contributed by atoms with Crippen molar-refractivity contribution in [2.75, 3.05) is 13.1 Å². The standard InChI is InChI=1S/C18H26N2/c1-4-19-12-8-7-9-16-14-20(13-15(2)3)18-11-6-5-10-17(16)18/h5-6,10-11,14,19H,2,4,7-9,12-13H2,1,3H3. The summed E-state index contributed by atoms with van der Waals surface area (Å²) in [6.45, 7) is 11.4. The average Bonchev–Trinajstić information content (AvgIpc) is 2.77. The third kappa shape index (κ3) is 3.73. The number of fused-ring (bicyclic) bond motifs is 1. The van der Waals surface area contributed by atoms with Crippen molar-refractivity contribution in [2.45, 2.75) is 39.7 Å². The zero-order valence-corrected chi connectivity index (χ0v) is 12.8. The molecular formula is C18H26N2. The van der Waals surface area contributed by atoms with E-state index in [0.29, 0.717) is 0 Å². The van der Waals surface area contributed by atoms with Gasteiger partial charge in [0.25, 0.3) is 0 Å². The van der Waals surface area contributed by atoms with Gasteiger partial charge in [0.05, 0.1) is 0 Å². The van der Waals surface area contributed by atoms with Gasteiger partial charge in [-0.05, 0) is 50.9 Å². The fourth-order valence-electron chi connectivity index (χ4n) is 2.69. The van der Waals surface area contributed by atoms with E-state index in [1.54, 1.807) is 0 Å². The second kappa shape index (κ2) is 7.30. The van der Waals surface area contributed by atoms with E-state index >= 15 is 0 Å². The highest BCUT2D eigenvalue weighted by Gasteiger charge is 2.07. The first-order valence-electron chi connectivity index (χ1n) is 7.64. The van der Waals surface area contributed by atoms with E-state index in [2.05, 4.69) is 60.8 Å². The largest absolute Gasteiger partial charge is 0.343 e. The molecule has 0 aliphatic rings. The highest BCUT2D eigenvalue weighted by molar-refractivity contribution is 5.84. The lowest BCUT2D eigenvalue weighted by molar-refractivity contribution is 0.641. The zero-order chi connectivity index (χ0) is 14.4. The van der Waals surface area contributed by atoms with E-state index in [1.807, 2.05) is 0 Å². The summed E-state index contributed by atoms with van der Waals surface area (Å²) >= 11 is 0. The first-order chi connectivity index (χ1) is 9.72. The van der Waals surface area contributed by atoms with Crippen LogP contribution in [0.4, 0.5) is 0 Å². The summed E-state index contributed by atoms with van der Waals surface area (Å²) in [5, 5.41) is 4.79. The maximum absolute atomic E-state index is 4.03. The number of aromatic nitrogens is 1. The van der Waals surface area contributed by atoms with E-state index in [9.17, 15) is 0 Å². The topological polar surface area (TPSA) is 17.0 Å².